The Morgan fingerprint density at radius 3 is 2.68 bits per heavy atom. The molecule has 1 aliphatic carbocycles. The zero-order valence-electron chi connectivity index (χ0n) is 11.4. The van der Waals surface area contributed by atoms with Crippen LogP contribution in [0.1, 0.15) is 18.4 Å². The first kappa shape index (κ1) is 12.9. The van der Waals surface area contributed by atoms with Crippen LogP contribution in [0.5, 0.6) is 5.75 Å². The summed E-state index contributed by atoms with van der Waals surface area (Å²) in [5.41, 5.74) is 1.17. The van der Waals surface area contributed by atoms with Gasteiger partial charge in [0.05, 0.1) is 7.11 Å². The van der Waals surface area contributed by atoms with Crippen LogP contribution < -0.4 is 10.1 Å². The largest absolute Gasteiger partial charge is 0.496 e. The van der Waals surface area contributed by atoms with Gasteiger partial charge in [-0.25, -0.2) is 4.39 Å². The van der Waals surface area contributed by atoms with Gasteiger partial charge in [-0.05, 0) is 31.0 Å². The lowest BCUT2D eigenvalue weighted by Crippen LogP contribution is -2.46. The number of ether oxygens (including phenoxy) is 1. The topological polar surface area (TPSA) is 24.5 Å². The minimum Gasteiger partial charge on any atom is -0.496 e. The van der Waals surface area contributed by atoms with Crippen LogP contribution in [0.2, 0.25) is 0 Å². The molecule has 0 atom stereocenters. The summed E-state index contributed by atoms with van der Waals surface area (Å²) in [7, 11) is 1.66. The van der Waals surface area contributed by atoms with E-state index in [-0.39, 0.29) is 11.2 Å². The second-order valence-electron chi connectivity index (χ2n) is 5.65. The second-order valence-corrected chi connectivity index (χ2v) is 5.65. The lowest BCUT2D eigenvalue weighted by Gasteiger charge is -2.31. The van der Waals surface area contributed by atoms with Crippen molar-refractivity contribution in [2.24, 2.45) is 0 Å². The van der Waals surface area contributed by atoms with Crippen LogP contribution in [0.4, 0.5) is 4.39 Å². The first-order valence-corrected chi connectivity index (χ1v) is 7.01. The number of hydrogen-bond acceptors (Lipinski definition) is 3. The minimum absolute atomic E-state index is 0.116. The average molecular weight is 264 g/mol. The molecular weight excluding hydrogens is 243 g/mol. The summed E-state index contributed by atoms with van der Waals surface area (Å²) in [6.45, 7) is 5.29. The monoisotopic (exact) mass is 264 g/mol. The zero-order chi connectivity index (χ0) is 13.3. The Morgan fingerprint density at radius 2 is 2.05 bits per heavy atom. The first-order valence-electron chi connectivity index (χ1n) is 7.01. The van der Waals surface area contributed by atoms with E-state index in [4.69, 9.17) is 4.74 Å². The van der Waals surface area contributed by atoms with Gasteiger partial charge in [0, 0.05) is 43.7 Å². The standard InChI is InChI=1S/C15H21FN2O/c1-19-14-3-2-12(16)10-13(14)15(4-5-15)11-18-8-6-17-7-9-18/h2-3,10,17H,4-9,11H2,1H3. The van der Waals surface area contributed by atoms with Gasteiger partial charge >= 0.3 is 0 Å². The Kier molecular flexibility index (Phi) is 3.46. The average Bonchev–Trinajstić information content (AvgIpc) is 3.21. The van der Waals surface area contributed by atoms with Crippen molar-refractivity contribution in [3.8, 4) is 5.75 Å². The Balaban J connectivity index is 1.81. The van der Waals surface area contributed by atoms with E-state index in [1.165, 1.54) is 6.07 Å². The summed E-state index contributed by atoms with van der Waals surface area (Å²) in [6.07, 6.45) is 2.27. The van der Waals surface area contributed by atoms with Crippen molar-refractivity contribution in [2.75, 3.05) is 39.8 Å². The summed E-state index contributed by atoms with van der Waals surface area (Å²) in [4.78, 5) is 2.48. The van der Waals surface area contributed by atoms with E-state index in [0.717, 1.165) is 56.9 Å². The number of benzene rings is 1. The molecule has 1 aliphatic heterocycles. The number of nitrogens with zero attached hydrogens (tertiary/aromatic N) is 1. The molecule has 0 aromatic heterocycles. The van der Waals surface area contributed by atoms with Crippen LogP contribution in [0.15, 0.2) is 18.2 Å². The maximum atomic E-state index is 13.5. The predicted molar refractivity (Wildman–Crippen MR) is 73.2 cm³/mol. The van der Waals surface area contributed by atoms with Crippen LogP contribution in [0, 0.1) is 5.82 Å². The summed E-state index contributed by atoms with van der Waals surface area (Å²) >= 11 is 0. The van der Waals surface area contributed by atoms with Crippen molar-refractivity contribution in [1.82, 2.24) is 10.2 Å². The minimum atomic E-state index is -0.164. The Labute approximate surface area is 113 Å². The highest BCUT2D eigenvalue weighted by Gasteiger charge is 2.47. The van der Waals surface area contributed by atoms with Crippen LogP contribution in [-0.4, -0.2) is 44.7 Å². The van der Waals surface area contributed by atoms with E-state index in [1.54, 1.807) is 19.2 Å². The number of piperazine rings is 1. The molecule has 0 radical (unpaired) electrons. The number of hydrogen-bond donors (Lipinski definition) is 1. The third-order valence-corrected chi connectivity index (χ3v) is 4.32. The number of halogens is 1. The highest BCUT2D eigenvalue weighted by molar-refractivity contribution is 5.44. The molecule has 19 heavy (non-hydrogen) atoms. The van der Waals surface area contributed by atoms with E-state index in [9.17, 15) is 4.39 Å². The summed E-state index contributed by atoms with van der Waals surface area (Å²) in [6, 6.07) is 4.89. The van der Waals surface area contributed by atoms with E-state index < -0.39 is 0 Å². The Hall–Kier alpha value is -1.13. The molecule has 1 saturated carbocycles. The van der Waals surface area contributed by atoms with E-state index in [0.29, 0.717) is 0 Å². The quantitative estimate of drug-likeness (QED) is 0.897. The van der Waals surface area contributed by atoms with Gasteiger partial charge in [-0.15, -0.1) is 0 Å². The van der Waals surface area contributed by atoms with Gasteiger partial charge in [-0.1, -0.05) is 0 Å². The molecule has 1 aromatic carbocycles. The Morgan fingerprint density at radius 1 is 1.32 bits per heavy atom. The molecule has 1 heterocycles. The van der Waals surface area contributed by atoms with Crippen LogP contribution in [-0.2, 0) is 5.41 Å². The normalized spacial score (nSPS) is 22.2. The molecule has 1 N–H and O–H groups in total. The molecule has 2 aliphatic rings. The van der Waals surface area contributed by atoms with Crippen LogP contribution in [0.3, 0.4) is 0 Å². The van der Waals surface area contributed by atoms with Crippen molar-refractivity contribution in [1.29, 1.82) is 0 Å². The van der Waals surface area contributed by atoms with Crippen molar-refractivity contribution in [2.45, 2.75) is 18.3 Å². The molecule has 2 fully saturated rings. The van der Waals surface area contributed by atoms with Gasteiger partial charge in [0.15, 0.2) is 0 Å². The fourth-order valence-electron chi connectivity index (χ4n) is 3.06. The SMILES string of the molecule is COc1ccc(F)cc1C1(CN2CCNCC2)CC1. The maximum Gasteiger partial charge on any atom is 0.123 e. The van der Waals surface area contributed by atoms with Crippen molar-refractivity contribution in [3.05, 3.63) is 29.6 Å². The number of rotatable bonds is 4. The fourth-order valence-corrected chi connectivity index (χ4v) is 3.06. The predicted octanol–water partition coefficient (Wildman–Crippen LogP) is 1.77. The highest BCUT2D eigenvalue weighted by atomic mass is 19.1. The Bertz CT molecular complexity index is 453. The molecule has 3 rings (SSSR count). The van der Waals surface area contributed by atoms with Gasteiger partial charge in [-0.3, -0.25) is 4.90 Å². The summed E-state index contributed by atoms with van der Waals surface area (Å²) in [5.74, 6) is 0.663. The molecule has 1 aromatic rings. The van der Waals surface area contributed by atoms with Crippen molar-refractivity contribution < 1.29 is 9.13 Å². The fraction of sp³-hybridized carbons (Fsp3) is 0.600. The third-order valence-electron chi connectivity index (χ3n) is 4.32. The van der Waals surface area contributed by atoms with Gasteiger partial charge in [0.2, 0.25) is 0 Å². The maximum absolute atomic E-state index is 13.5. The summed E-state index contributed by atoms with van der Waals surface area (Å²) in [5, 5.41) is 3.37. The van der Waals surface area contributed by atoms with Gasteiger partial charge < -0.3 is 10.1 Å². The molecule has 0 amide bonds. The molecule has 3 nitrogen and oxygen atoms in total. The lowest BCUT2D eigenvalue weighted by atomic mass is 9.94. The van der Waals surface area contributed by atoms with Crippen LogP contribution >= 0.6 is 0 Å². The summed E-state index contributed by atoms with van der Waals surface area (Å²) < 4.78 is 19.0. The second kappa shape index (κ2) is 5.10. The van der Waals surface area contributed by atoms with Crippen molar-refractivity contribution >= 4 is 0 Å². The molecule has 0 spiro atoms. The van der Waals surface area contributed by atoms with Crippen LogP contribution in [0.25, 0.3) is 0 Å². The molecule has 1 saturated heterocycles. The van der Waals surface area contributed by atoms with Gasteiger partial charge in [0.25, 0.3) is 0 Å². The van der Waals surface area contributed by atoms with Gasteiger partial charge in [0.1, 0.15) is 11.6 Å². The lowest BCUT2D eigenvalue weighted by molar-refractivity contribution is 0.219. The molecule has 0 unspecified atom stereocenters. The van der Waals surface area contributed by atoms with E-state index >= 15 is 0 Å². The van der Waals surface area contributed by atoms with E-state index in [2.05, 4.69) is 10.2 Å². The van der Waals surface area contributed by atoms with Crippen molar-refractivity contribution in [3.63, 3.8) is 0 Å². The smallest absolute Gasteiger partial charge is 0.123 e. The number of nitrogens with one attached hydrogen (secondary N) is 1. The number of methoxy groups -OCH3 is 1. The third kappa shape index (κ3) is 2.60. The van der Waals surface area contributed by atoms with E-state index in [1.807, 2.05) is 0 Å². The molecule has 104 valence electrons. The molecular formula is C15H21FN2O. The molecule has 4 heteroatoms. The molecule has 0 bridgehead atoms. The zero-order valence-corrected chi connectivity index (χ0v) is 11.4. The van der Waals surface area contributed by atoms with Gasteiger partial charge in [-0.2, -0.15) is 0 Å². The first-order chi connectivity index (χ1) is 9.23. The highest BCUT2D eigenvalue weighted by Crippen LogP contribution is 2.51.